The van der Waals surface area contributed by atoms with Crippen LogP contribution in [0.2, 0.25) is 0 Å². The van der Waals surface area contributed by atoms with Crippen molar-refractivity contribution in [3.8, 4) is 0 Å². The number of hydrogen-bond acceptors (Lipinski definition) is 6. The Morgan fingerprint density at radius 3 is 1.83 bits per heavy atom. The molecular weight excluding hydrogens is 446 g/mol. The molecule has 0 aliphatic carbocycles. The van der Waals surface area contributed by atoms with Gasteiger partial charge in [-0.3, -0.25) is 14.8 Å². The lowest BCUT2D eigenvalue weighted by atomic mass is 10.0. The maximum Gasteiger partial charge on any atom is 0.117 e. The summed E-state index contributed by atoms with van der Waals surface area (Å²) in [5.74, 6) is 2.50. The van der Waals surface area contributed by atoms with Crippen molar-refractivity contribution in [3.05, 3.63) is 53.7 Å². The van der Waals surface area contributed by atoms with E-state index in [0.717, 1.165) is 57.3 Å². The molecule has 6 nitrogen and oxygen atoms in total. The van der Waals surface area contributed by atoms with Crippen LogP contribution in [0.1, 0.15) is 70.5 Å². The summed E-state index contributed by atoms with van der Waals surface area (Å²) in [5.41, 5.74) is 2.33. The summed E-state index contributed by atoms with van der Waals surface area (Å²) in [7, 11) is 0. The van der Waals surface area contributed by atoms with Crippen molar-refractivity contribution in [1.29, 1.82) is 0 Å². The van der Waals surface area contributed by atoms with Gasteiger partial charge < -0.3 is 15.1 Å². The van der Waals surface area contributed by atoms with Crippen LogP contribution in [-0.2, 0) is 13.1 Å². The molecule has 0 aromatic carbocycles. The second-order valence-electron chi connectivity index (χ2n) is 11.5. The number of nitrogens with one attached hydrogen (secondary N) is 2. The number of nitrogens with zero attached hydrogens (tertiary/aromatic N) is 3. The first kappa shape index (κ1) is 28.8. The molecule has 0 unspecified atom stereocenters. The average Bonchev–Trinajstić information content (AvgIpc) is 3.37. The minimum Gasteiger partial charge on any atom is -0.468 e. The van der Waals surface area contributed by atoms with Gasteiger partial charge in [0.05, 0.1) is 18.5 Å². The molecule has 0 atom stereocenters. The van der Waals surface area contributed by atoms with E-state index in [1.807, 2.05) is 6.07 Å². The van der Waals surface area contributed by atoms with Gasteiger partial charge in [0.15, 0.2) is 0 Å². The summed E-state index contributed by atoms with van der Waals surface area (Å²) in [4.78, 5) is 9.88. The summed E-state index contributed by atoms with van der Waals surface area (Å²) in [6, 6.07) is 11.8. The topological polar surface area (TPSA) is 56.6 Å². The highest BCUT2D eigenvalue weighted by Crippen LogP contribution is 2.18. The molecule has 2 aromatic rings. The molecule has 202 valence electrons. The molecule has 4 rings (SSSR count). The van der Waals surface area contributed by atoms with Gasteiger partial charge >= 0.3 is 0 Å². The normalized spacial score (nSPS) is 17.7. The van der Waals surface area contributed by atoms with Gasteiger partial charge in [0.2, 0.25) is 0 Å². The van der Waals surface area contributed by atoms with Crippen LogP contribution in [0.4, 0.5) is 0 Å². The zero-order chi connectivity index (χ0) is 25.8. The molecule has 6 heteroatoms. The minimum absolute atomic E-state index is 0.708. The highest BCUT2D eigenvalue weighted by atomic mass is 16.3. The van der Waals surface area contributed by atoms with Crippen molar-refractivity contribution in [2.45, 2.75) is 85.5 Å². The van der Waals surface area contributed by atoms with Crippen LogP contribution < -0.4 is 10.6 Å². The number of piperidine rings is 2. The smallest absolute Gasteiger partial charge is 0.117 e. The summed E-state index contributed by atoms with van der Waals surface area (Å²) in [5, 5.41) is 6.89. The second kappa shape index (κ2) is 15.5. The van der Waals surface area contributed by atoms with Crippen LogP contribution in [0.25, 0.3) is 0 Å². The molecule has 0 amide bonds. The SMILES string of the molecule is CC(C)CN(Cc1ccco1)C1CCNCC1.Cc1cccc(CN(CC(C)C)C2CCNCC2)n1. The van der Waals surface area contributed by atoms with Crippen LogP contribution >= 0.6 is 0 Å². The average molecular weight is 498 g/mol. The van der Waals surface area contributed by atoms with Gasteiger partial charge in [-0.1, -0.05) is 33.8 Å². The molecule has 0 spiro atoms. The van der Waals surface area contributed by atoms with Crippen LogP contribution in [0.3, 0.4) is 0 Å². The fourth-order valence-corrected chi connectivity index (χ4v) is 5.47. The third kappa shape index (κ3) is 10.3. The second-order valence-corrected chi connectivity index (χ2v) is 11.5. The number of aromatic nitrogens is 1. The Morgan fingerprint density at radius 2 is 1.36 bits per heavy atom. The van der Waals surface area contributed by atoms with Crippen LogP contribution in [0.5, 0.6) is 0 Å². The Hall–Kier alpha value is -1.73. The van der Waals surface area contributed by atoms with Crippen molar-refractivity contribution in [2.75, 3.05) is 39.3 Å². The minimum atomic E-state index is 0.708. The highest BCUT2D eigenvalue weighted by molar-refractivity contribution is 5.10. The predicted octanol–water partition coefficient (Wildman–Crippen LogP) is 5.09. The van der Waals surface area contributed by atoms with Crippen molar-refractivity contribution < 1.29 is 4.42 Å². The summed E-state index contributed by atoms with van der Waals surface area (Å²) < 4.78 is 5.48. The number of aryl methyl sites for hydroxylation is 1. The van der Waals surface area contributed by atoms with Crippen molar-refractivity contribution in [1.82, 2.24) is 25.4 Å². The fourth-order valence-electron chi connectivity index (χ4n) is 5.47. The van der Waals surface area contributed by atoms with Crippen LogP contribution in [0.15, 0.2) is 41.0 Å². The van der Waals surface area contributed by atoms with Gasteiger partial charge in [0, 0.05) is 37.4 Å². The van der Waals surface area contributed by atoms with Crippen molar-refractivity contribution >= 4 is 0 Å². The first-order valence-corrected chi connectivity index (χ1v) is 14.2. The molecular formula is C30H51N5O. The molecule has 2 saturated heterocycles. The van der Waals surface area contributed by atoms with E-state index in [9.17, 15) is 0 Å². The number of hydrogen-bond donors (Lipinski definition) is 2. The van der Waals surface area contributed by atoms with E-state index in [0.29, 0.717) is 23.9 Å². The molecule has 36 heavy (non-hydrogen) atoms. The van der Waals surface area contributed by atoms with E-state index >= 15 is 0 Å². The number of rotatable bonds is 10. The lowest BCUT2D eigenvalue weighted by Gasteiger charge is -2.35. The van der Waals surface area contributed by atoms with Gasteiger partial charge in [-0.25, -0.2) is 0 Å². The number of furan rings is 1. The van der Waals surface area contributed by atoms with Gasteiger partial charge in [-0.2, -0.15) is 0 Å². The zero-order valence-corrected chi connectivity index (χ0v) is 23.5. The third-order valence-corrected chi connectivity index (χ3v) is 7.10. The van der Waals surface area contributed by atoms with Gasteiger partial charge in [-0.15, -0.1) is 0 Å². The quantitative estimate of drug-likeness (QED) is 0.477. The van der Waals surface area contributed by atoms with Crippen molar-refractivity contribution in [3.63, 3.8) is 0 Å². The first-order valence-electron chi connectivity index (χ1n) is 14.2. The molecule has 0 saturated carbocycles. The maximum atomic E-state index is 5.48. The Morgan fingerprint density at radius 1 is 0.806 bits per heavy atom. The van der Waals surface area contributed by atoms with Crippen LogP contribution in [-0.4, -0.2) is 66.1 Å². The van der Waals surface area contributed by atoms with Crippen molar-refractivity contribution in [2.24, 2.45) is 11.8 Å². The third-order valence-electron chi connectivity index (χ3n) is 7.10. The molecule has 0 bridgehead atoms. The Bertz CT molecular complexity index is 826. The van der Waals surface area contributed by atoms with E-state index < -0.39 is 0 Å². The van der Waals surface area contributed by atoms with E-state index in [4.69, 9.17) is 4.42 Å². The predicted molar refractivity (Wildman–Crippen MR) is 150 cm³/mol. The van der Waals surface area contributed by atoms with E-state index in [2.05, 4.69) is 84.3 Å². The van der Waals surface area contributed by atoms with Gasteiger partial charge in [0.1, 0.15) is 5.76 Å². The molecule has 2 aliphatic rings. The van der Waals surface area contributed by atoms with Crippen LogP contribution in [0, 0.1) is 18.8 Å². The van der Waals surface area contributed by atoms with Gasteiger partial charge in [-0.05, 0) is 94.9 Å². The Labute approximate surface area is 220 Å². The maximum absolute atomic E-state index is 5.48. The van der Waals surface area contributed by atoms with E-state index in [-0.39, 0.29) is 0 Å². The molecule has 4 heterocycles. The zero-order valence-electron chi connectivity index (χ0n) is 23.5. The lowest BCUT2D eigenvalue weighted by molar-refractivity contribution is 0.128. The molecule has 2 aliphatic heterocycles. The number of pyridine rings is 1. The van der Waals surface area contributed by atoms with E-state index in [1.54, 1.807) is 6.26 Å². The first-order chi connectivity index (χ1) is 17.4. The summed E-state index contributed by atoms with van der Waals surface area (Å²) in [6.45, 7) is 20.1. The monoisotopic (exact) mass is 497 g/mol. The molecule has 2 fully saturated rings. The Kier molecular flexibility index (Phi) is 12.4. The summed E-state index contributed by atoms with van der Waals surface area (Å²) >= 11 is 0. The Balaban J connectivity index is 0.000000202. The lowest BCUT2D eigenvalue weighted by Crippen LogP contribution is -2.44. The largest absolute Gasteiger partial charge is 0.468 e. The van der Waals surface area contributed by atoms with Gasteiger partial charge in [0.25, 0.3) is 0 Å². The summed E-state index contributed by atoms with van der Waals surface area (Å²) in [6.07, 6.45) is 6.81. The fraction of sp³-hybridized carbons (Fsp3) is 0.700. The standard InChI is InChI=1S/C16H27N3.C14H24N2O/c1-13(2)11-19(16-7-9-17-10-8-16)12-15-6-4-5-14(3)18-15;1-12(2)10-16(11-14-4-3-9-17-14)13-5-7-15-8-6-13/h4-6,13,16-17H,7-12H2,1-3H3;3-4,9,12-13,15H,5-8,10-11H2,1-2H3. The molecule has 2 N–H and O–H groups in total. The van der Waals surface area contributed by atoms with E-state index in [1.165, 1.54) is 37.9 Å². The molecule has 2 aromatic heterocycles. The highest BCUT2D eigenvalue weighted by Gasteiger charge is 2.23. The molecule has 0 radical (unpaired) electrons.